The highest BCUT2D eigenvalue weighted by molar-refractivity contribution is 7.99. The summed E-state index contributed by atoms with van der Waals surface area (Å²) >= 11 is 3.03. The van der Waals surface area contributed by atoms with Crippen molar-refractivity contribution in [2.75, 3.05) is 24.0 Å². The predicted molar refractivity (Wildman–Crippen MR) is 82.9 cm³/mol. The van der Waals surface area contributed by atoms with Crippen LogP contribution in [0.25, 0.3) is 0 Å². The second-order valence-corrected chi connectivity index (χ2v) is 6.40. The van der Waals surface area contributed by atoms with Crippen molar-refractivity contribution in [3.63, 3.8) is 0 Å². The number of carbonyl (C=O) groups excluding carboxylic acids is 2. The number of carbonyl (C=O) groups is 2. The topological polar surface area (TPSA) is 115 Å². The Bertz CT molecular complexity index is 374. The van der Waals surface area contributed by atoms with Crippen molar-refractivity contribution in [1.82, 2.24) is 5.32 Å². The van der Waals surface area contributed by atoms with Crippen molar-refractivity contribution >= 4 is 45.5 Å². The van der Waals surface area contributed by atoms with E-state index in [1.807, 2.05) is 12.5 Å². The van der Waals surface area contributed by atoms with Crippen molar-refractivity contribution in [1.29, 1.82) is 0 Å². The molecule has 5 N–H and O–H groups in total. The van der Waals surface area contributed by atoms with Gasteiger partial charge in [0.05, 0.1) is 11.7 Å². The largest absolute Gasteiger partial charge is 0.321 e. The van der Waals surface area contributed by atoms with Gasteiger partial charge in [0.2, 0.25) is 5.91 Å². The van der Waals surface area contributed by atoms with E-state index in [1.54, 1.807) is 11.8 Å². The maximum absolute atomic E-state index is 11.8. The molecule has 0 aliphatic carbocycles. The highest BCUT2D eigenvalue weighted by Crippen LogP contribution is 2.03. The van der Waals surface area contributed by atoms with Crippen LogP contribution >= 0.6 is 23.5 Å². The third-order valence-electron chi connectivity index (χ3n) is 2.08. The Hall–Kier alpha value is -0.350. The van der Waals surface area contributed by atoms with Gasteiger partial charge in [0, 0.05) is 5.75 Å². The second kappa shape index (κ2) is 10.4. The summed E-state index contributed by atoms with van der Waals surface area (Å²) in [6, 6.07) is -0.705. The van der Waals surface area contributed by atoms with E-state index in [2.05, 4.69) is 5.32 Å². The van der Waals surface area contributed by atoms with E-state index >= 15 is 0 Å². The fourth-order valence-electron chi connectivity index (χ4n) is 1.06. The van der Waals surface area contributed by atoms with E-state index in [4.69, 9.17) is 10.9 Å². The molecule has 0 aromatic rings. The Morgan fingerprint density at radius 2 is 2.00 bits per heavy atom. The average Bonchev–Trinajstić information content (AvgIpc) is 2.39. The van der Waals surface area contributed by atoms with Gasteiger partial charge in [-0.25, -0.2) is 9.35 Å². The Balaban J connectivity index is 4.69. The minimum absolute atomic E-state index is 0.0558. The molecule has 0 aliphatic heterocycles. The molecule has 0 saturated carbocycles. The molecule has 0 radical (unpaired) electrons. The summed E-state index contributed by atoms with van der Waals surface area (Å²) in [5.41, 5.74) is 5.62. The van der Waals surface area contributed by atoms with Gasteiger partial charge in [-0.15, -0.1) is 0 Å². The van der Waals surface area contributed by atoms with E-state index in [9.17, 15) is 13.8 Å². The van der Waals surface area contributed by atoms with Crippen molar-refractivity contribution in [3.8, 4) is 0 Å². The number of hydrogen-bond acceptors (Lipinski definition) is 6. The lowest BCUT2D eigenvalue weighted by Gasteiger charge is -2.12. The van der Waals surface area contributed by atoms with Crippen molar-refractivity contribution in [2.45, 2.75) is 12.5 Å². The molecule has 9 heteroatoms. The van der Waals surface area contributed by atoms with Crippen LogP contribution in [0.1, 0.15) is 6.42 Å². The number of hydrogen-bond donors (Lipinski definition) is 3. The lowest BCUT2D eigenvalue weighted by Crippen LogP contribution is -2.42. The molecule has 0 spiro atoms. The Labute approximate surface area is 124 Å². The lowest BCUT2D eigenvalue weighted by atomic mass is 10.2. The van der Waals surface area contributed by atoms with Gasteiger partial charge in [-0.2, -0.15) is 23.5 Å². The summed E-state index contributed by atoms with van der Waals surface area (Å²) in [7, 11) is -2.15. The number of thioether (sulfide) groups is 2. The van der Waals surface area contributed by atoms with E-state index in [-0.39, 0.29) is 5.70 Å². The summed E-state index contributed by atoms with van der Waals surface area (Å²) in [6.45, 7) is 0. The normalized spacial score (nSPS) is 14.8. The van der Waals surface area contributed by atoms with Gasteiger partial charge in [-0.05, 0) is 30.8 Å². The van der Waals surface area contributed by atoms with Crippen molar-refractivity contribution in [2.24, 2.45) is 10.9 Å². The molecule has 0 fully saturated rings. The monoisotopic (exact) mass is 325 g/mol. The van der Waals surface area contributed by atoms with Gasteiger partial charge in [0.15, 0.2) is 11.0 Å². The van der Waals surface area contributed by atoms with Crippen LogP contribution in [0.2, 0.25) is 0 Å². The summed E-state index contributed by atoms with van der Waals surface area (Å²) in [5, 5.41) is 6.62. The maximum atomic E-state index is 11.8. The SMILES string of the molecule is CSCC=C(NC(=O)[C@@H](N)CCSC)C(=O)S(N)=O. The smallest absolute Gasteiger partial charge is 0.279 e. The predicted octanol–water partition coefficient (Wildman–Crippen LogP) is -0.421. The van der Waals surface area contributed by atoms with E-state index in [0.29, 0.717) is 12.2 Å². The first-order valence-electron chi connectivity index (χ1n) is 5.39. The molecule has 0 rings (SSSR count). The van der Waals surface area contributed by atoms with Crippen LogP contribution in [0.3, 0.4) is 0 Å². The molecule has 19 heavy (non-hydrogen) atoms. The van der Waals surface area contributed by atoms with Crippen molar-refractivity contribution in [3.05, 3.63) is 11.8 Å². The molecule has 0 saturated heterocycles. The molecule has 2 atom stereocenters. The molecular weight excluding hydrogens is 306 g/mol. The Kier molecular flexibility index (Phi) is 10.2. The molecule has 1 unspecified atom stereocenters. The van der Waals surface area contributed by atoms with Crippen LogP contribution in [-0.2, 0) is 20.6 Å². The highest BCUT2D eigenvalue weighted by atomic mass is 32.2. The highest BCUT2D eigenvalue weighted by Gasteiger charge is 2.20. The number of rotatable bonds is 8. The minimum atomic E-state index is -2.15. The van der Waals surface area contributed by atoms with Crippen LogP contribution in [0, 0.1) is 0 Å². The molecule has 6 nitrogen and oxygen atoms in total. The summed E-state index contributed by atoms with van der Waals surface area (Å²) in [6.07, 6.45) is 5.74. The van der Waals surface area contributed by atoms with Crippen LogP contribution in [0.15, 0.2) is 11.8 Å². The number of amides is 1. The molecule has 0 bridgehead atoms. The molecule has 0 heterocycles. The third-order valence-corrected chi connectivity index (χ3v) is 3.81. The zero-order chi connectivity index (χ0) is 14.8. The fraction of sp³-hybridized carbons (Fsp3) is 0.600. The maximum Gasteiger partial charge on any atom is 0.279 e. The van der Waals surface area contributed by atoms with E-state index < -0.39 is 28.0 Å². The van der Waals surface area contributed by atoms with Gasteiger partial charge in [0.1, 0.15) is 0 Å². The summed E-state index contributed by atoms with van der Waals surface area (Å²) < 4.78 is 11.0. The third kappa shape index (κ3) is 7.73. The van der Waals surface area contributed by atoms with E-state index in [1.165, 1.54) is 17.8 Å². The molecular formula is C10H19N3O3S3. The van der Waals surface area contributed by atoms with E-state index in [0.717, 1.165) is 5.75 Å². The zero-order valence-electron chi connectivity index (χ0n) is 10.9. The first-order valence-corrected chi connectivity index (χ1v) is 9.39. The average molecular weight is 325 g/mol. The van der Waals surface area contributed by atoms with Gasteiger partial charge in [-0.3, -0.25) is 9.59 Å². The summed E-state index contributed by atoms with van der Waals surface area (Å²) in [4.78, 5) is 23.3. The first-order chi connectivity index (χ1) is 8.93. The Morgan fingerprint density at radius 3 is 2.47 bits per heavy atom. The van der Waals surface area contributed by atoms with Gasteiger partial charge >= 0.3 is 0 Å². The zero-order valence-corrected chi connectivity index (χ0v) is 13.3. The van der Waals surface area contributed by atoms with Gasteiger partial charge in [-0.1, -0.05) is 0 Å². The van der Waals surface area contributed by atoms with Crippen LogP contribution in [-0.4, -0.2) is 45.3 Å². The summed E-state index contributed by atoms with van der Waals surface area (Å²) in [5.74, 6) is 0.772. The molecule has 0 aromatic carbocycles. The minimum Gasteiger partial charge on any atom is -0.321 e. The molecule has 0 aliphatic rings. The van der Waals surface area contributed by atoms with Crippen LogP contribution in [0.5, 0.6) is 0 Å². The lowest BCUT2D eigenvalue weighted by molar-refractivity contribution is -0.122. The molecule has 0 aromatic heterocycles. The van der Waals surface area contributed by atoms with Crippen LogP contribution < -0.4 is 16.2 Å². The number of nitrogens with one attached hydrogen (secondary N) is 1. The standard InChI is InChI=1S/C10H19N3O3S3/c1-17-5-3-7(11)9(14)13-8(4-6-18-2)10(15)19(12)16/h4,7H,3,5-6,11-12H2,1-2H3,(H,13,14)/t7-,19?/m0/s1. The van der Waals surface area contributed by atoms with Crippen LogP contribution in [0.4, 0.5) is 0 Å². The van der Waals surface area contributed by atoms with Gasteiger partial charge < -0.3 is 11.1 Å². The first kappa shape index (κ1) is 18.7. The second-order valence-electron chi connectivity index (χ2n) is 3.54. The van der Waals surface area contributed by atoms with Gasteiger partial charge in [0.25, 0.3) is 5.12 Å². The van der Waals surface area contributed by atoms with Crippen molar-refractivity contribution < 1.29 is 13.8 Å². The molecule has 110 valence electrons. The Morgan fingerprint density at radius 1 is 1.37 bits per heavy atom. The quantitative estimate of drug-likeness (QED) is 0.522. The fourth-order valence-corrected chi connectivity index (χ4v) is 2.24. The number of nitrogens with two attached hydrogens (primary N) is 2. The molecule has 1 amide bonds.